The van der Waals surface area contributed by atoms with E-state index < -0.39 is 0 Å². The lowest BCUT2D eigenvalue weighted by Crippen LogP contribution is -3.00. The SMILES string of the molecule is CCC[N+](C)(C)CCc1c[nH]c2ccccc12.[I-]. The molecule has 0 aliphatic heterocycles. The number of quaternary nitrogens is 1. The fourth-order valence-corrected chi connectivity index (χ4v) is 2.48. The Morgan fingerprint density at radius 1 is 1.11 bits per heavy atom. The van der Waals surface area contributed by atoms with Crippen LogP contribution in [-0.4, -0.2) is 36.7 Å². The summed E-state index contributed by atoms with van der Waals surface area (Å²) < 4.78 is 1.11. The van der Waals surface area contributed by atoms with E-state index in [9.17, 15) is 0 Å². The Labute approximate surface area is 127 Å². The number of likely N-dealkylation sites (N-methyl/N-ethyl adjacent to an activating group) is 1. The van der Waals surface area contributed by atoms with E-state index in [0.717, 1.165) is 10.9 Å². The van der Waals surface area contributed by atoms with Crippen molar-refractivity contribution in [1.29, 1.82) is 0 Å². The summed E-state index contributed by atoms with van der Waals surface area (Å²) in [5, 5.41) is 1.38. The van der Waals surface area contributed by atoms with Gasteiger partial charge in [0.15, 0.2) is 0 Å². The highest BCUT2D eigenvalue weighted by Gasteiger charge is 2.14. The van der Waals surface area contributed by atoms with Gasteiger partial charge in [-0.2, -0.15) is 0 Å². The summed E-state index contributed by atoms with van der Waals surface area (Å²) in [6.45, 7) is 4.71. The van der Waals surface area contributed by atoms with Gasteiger partial charge in [-0.05, 0) is 18.1 Å². The summed E-state index contributed by atoms with van der Waals surface area (Å²) in [5.74, 6) is 0. The van der Waals surface area contributed by atoms with Gasteiger partial charge in [-0.15, -0.1) is 0 Å². The van der Waals surface area contributed by atoms with Gasteiger partial charge in [0.2, 0.25) is 0 Å². The molecule has 0 atom stereocenters. The Balaban J connectivity index is 0.00000162. The van der Waals surface area contributed by atoms with Crippen molar-refractivity contribution in [2.24, 2.45) is 0 Å². The van der Waals surface area contributed by atoms with E-state index >= 15 is 0 Å². The third kappa shape index (κ3) is 3.72. The van der Waals surface area contributed by atoms with E-state index in [0.29, 0.717) is 0 Å². The Hall–Kier alpha value is -0.550. The molecule has 0 aliphatic carbocycles. The van der Waals surface area contributed by atoms with Crippen molar-refractivity contribution in [3.63, 3.8) is 0 Å². The van der Waals surface area contributed by atoms with Gasteiger partial charge >= 0.3 is 0 Å². The zero-order valence-corrected chi connectivity index (χ0v) is 13.7. The molecule has 0 bridgehead atoms. The van der Waals surface area contributed by atoms with E-state index in [2.05, 4.69) is 56.5 Å². The summed E-state index contributed by atoms with van der Waals surface area (Å²) in [6, 6.07) is 8.55. The second-order valence-electron chi connectivity index (χ2n) is 5.49. The molecule has 18 heavy (non-hydrogen) atoms. The molecule has 0 saturated carbocycles. The maximum absolute atomic E-state index is 3.35. The second kappa shape index (κ2) is 6.57. The summed E-state index contributed by atoms with van der Waals surface area (Å²) in [5.41, 5.74) is 2.70. The third-order valence-electron chi connectivity index (χ3n) is 3.49. The summed E-state index contributed by atoms with van der Waals surface area (Å²) in [6.07, 6.45) is 4.56. The van der Waals surface area contributed by atoms with Crippen molar-refractivity contribution in [1.82, 2.24) is 4.98 Å². The number of halogens is 1. The van der Waals surface area contributed by atoms with Crippen LogP contribution in [0.15, 0.2) is 30.5 Å². The van der Waals surface area contributed by atoms with Crippen LogP contribution in [0.3, 0.4) is 0 Å². The van der Waals surface area contributed by atoms with Crippen LogP contribution >= 0.6 is 0 Å². The Morgan fingerprint density at radius 3 is 2.56 bits per heavy atom. The lowest BCUT2D eigenvalue weighted by Gasteiger charge is -2.29. The van der Waals surface area contributed by atoms with Gasteiger partial charge in [0.05, 0.1) is 27.2 Å². The monoisotopic (exact) mass is 358 g/mol. The van der Waals surface area contributed by atoms with Crippen molar-refractivity contribution in [3.05, 3.63) is 36.0 Å². The van der Waals surface area contributed by atoms with Crippen LogP contribution < -0.4 is 24.0 Å². The van der Waals surface area contributed by atoms with Gasteiger partial charge < -0.3 is 33.4 Å². The molecule has 0 fully saturated rings. The number of benzene rings is 1. The number of aromatic amines is 1. The number of nitrogens with one attached hydrogen (secondary N) is 1. The fourth-order valence-electron chi connectivity index (χ4n) is 2.48. The molecule has 1 aromatic heterocycles. The highest BCUT2D eigenvalue weighted by atomic mass is 127. The number of H-pyrrole nitrogens is 1. The van der Waals surface area contributed by atoms with Gasteiger partial charge in [0.25, 0.3) is 0 Å². The Morgan fingerprint density at radius 2 is 1.83 bits per heavy atom. The van der Waals surface area contributed by atoms with Crippen LogP contribution in [0, 0.1) is 0 Å². The topological polar surface area (TPSA) is 15.8 Å². The number of para-hydroxylation sites is 1. The summed E-state index contributed by atoms with van der Waals surface area (Å²) in [7, 11) is 4.64. The van der Waals surface area contributed by atoms with Crippen molar-refractivity contribution < 1.29 is 28.5 Å². The van der Waals surface area contributed by atoms with Crippen LogP contribution in [0.5, 0.6) is 0 Å². The molecule has 0 spiro atoms. The van der Waals surface area contributed by atoms with E-state index in [-0.39, 0.29) is 24.0 Å². The summed E-state index contributed by atoms with van der Waals surface area (Å²) >= 11 is 0. The van der Waals surface area contributed by atoms with Crippen molar-refractivity contribution >= 4 is 10.9 Å². The average molecular weight is 358 g/mol. The van der Waals surface area contributed by atoms with Gasteiger partial charge in [-0.25, -0.2) is 0 Å². The predicted octanol–water partition coefficient (Wildman–Crippen LogP) is 0.201. The largest absolute Gasteiger partial charge is 1.00 e. The number of aromatic nitrogens is 1. The molecule has 2 aromatic rings. The van der Waals surface area contributed by atoms with E-state index in [1.165, 1.54) is 36.0 Å². The Bertz CT molecular complexity index is 488. The van der Waals surface area contributed by atoms with Gasteiger partial charge in [0.1, 0.15) is 0 Å². The normalized spacial score (nSPS) is 11.5. The molecule has 100 valence electrons. The third-order valence-corrected chi connectivity index (χ3v) is 3.49. The molecule has 0 radical (unpaired) electrons. The molecule has 1 heterocycles. The van der Waals surface area contributed by atoms with Gasteiger partial charge in [0, 0.05) is 23.5 Å². The zero-order chi connectivity index (χ0) is 12.3. The number of hydrogen-bond acceptors (Lipinski definition) is 0. The van der Waals surface area contributed by atoms with Crippen LogP contribution in [-0.2, 0) is 6.42 Å². The summed E-state index contributed by atoms with van der Waals surface area (Å²) in [4.78, 5) is 3.35. The molecule has 0 amide bonds. The highest BCUT2D eigenvalue weighted by Crippen LogP contribution is 2.18. The minimum atomic E-state index is 0. The zero-order valence-electron chi connectivity index (χ0n) is 11.5. The molecular weight excluding hydrogens is 335 g/mol. The fraction of sp³-hybridized carbons (Fsp3) is 0.467. The van der Waals surface area contributed by atoms with Crippen LogP contribution in [0.1, 0.15) is 18.9 Å². The first-order valence-corrected chi connectivity index (χ1v) is 6.49. The molecule has 2 rings (SSSR count). The van der Waals surface area contributed by atoms with Crippen LogP contribution in [0.4, 0.5) is 0 Å². The van der Waals surface area contributed by atoms with Crippen LogP contribution in [0.25, 0.3) is 10.9 Å². The molecule has 2 nitrogen and oxygen atoms in total. The molecule has 0 unspecified atom stereocenters. The van der Waals surface area contributed by atoms with E-state index in [1.54, 1.807) is 0 Å². The van der Waals surface area contributed by atoms with Crippen molar-refractivity contribution in [2.45, 2.75) is 19.8 Å². The maximum atomic E-state index is 3.35. The first-order chi connectivity index (χ1) is 8.12. The predicted molar refractivity (Wildman–Crippen MR) is 74.1 cm³/mol. The lowest BCUT2D eigenvalue weighted by atomic mass is 10.1. The quantitative estimate of drug-likeness (QED) is 0.581. The molecule has 3 heteroatoms. The number of fused-ring (bicyclic) bond motifs is 1. The van der Waals surface area contributed by atoms with Crippen LogP contribution in [0.2, 0.25) is 0 Å². The maximum Gasteiger partial charge on any atom is 0.0824 e. The standard InChI is InChI=1S/C15H23N2.HI/c1-4-10-17(2,3)11-9-13-12-16-15-8-6-5-7-14(13)15;/h5-8,12,16H,4,9-11H2,1-3H3;1H/q+1;/p-1. The van der Waals surface area contributed by atoms with Gasteiger partial charge in [-0.1, -0.05) is 25.1 Å². The second-order valence-corrected chi connectivity index (χ2v) is 5.49. The molecule has 1 N–H and O–H groups in total. The van der Waals surface area contributed by atoms with Gasteiger partial charge in [-0.3, -0.25) is 0 Å². The number of hydrogen-bond donors (Lipinski definition) is 1. The molecule has 0 saturated heterocycles. The van der Waals surface area contributed by atoms with E-state index in [1.807, 2.05) is 0 Å². The molecule has 1 aromatic carbocycles. The van der Waals surface area contributed by atoms with Crippen molar-refractivity contribution in [3.8, 4) is 0 Å². The number of nitrogens with zero attached hydrogens (tertiary/aromatic N) is 1. The number of rotatable bonds is 5. The minimum absolute atomic E-state index is 0. The van der Waals surface area contributed by atoms with Crippen molar-refractivity contribution in [2.75, 3.05) is 27.2 Å². The molecule has 0 aliphatic rings. The first kappa shape index (κ1) is 15.5. The first-order valence-electron chi connectivity index (χ1n) is 6.49. The smallest absolute Gasteiger partial charge is 0.0824 e. The minimum Gasteiger partial charge on any atom is -1.00 e. The molecular formula is C15H23IN2. The van der Waals surface area contributed by atoms with E-state index in [4.69, 9.17) is 0 Å². The Kier molecular flexibility index (Phi) is 5.66. The highest BCUT2D eigenvalue weighted by molar-refractivity contribution is 5.82. The average Bonchev–Trinajstić information content (AvgIpc) is 2.70. The lowest BCUT2D eigenvalue weighted by molar-refractivity contribution is -0.890.